The Morgan fingerprint density at radius 3 is 2.41 bits per heavy atom. The molecule has 114 valence electrons. The van der Waals surface area contributed by atoms with Crippen molar-refractivity contribution in [2.24, 2.45) is 0 Å². The molecule has 0 atom stereocenters. The van der Waals surface area contributed by atoms with Crippen molar-refractivity contribution >= 4 is 5.57 Å². The minimum Gasteiger partial charge on any atom is -0.508 e. The SMILES string of the molecule is Oc1ccc(C2=CCN(CCCc3ccccc3)CC2)cc1. The van der Waals surface area contributed by atoms with E-state index in [0.29, 0.717) is 5.75 Å². The third kappa shape index (κ3) is 3.99. The van der Waals surface area contributed by atoms with E-state index in [-0.39, 0.29) is 0 Å². The first-order valence-electron chi connectivity index (χ1n) is 8.06. The average Bonchev–Trinajstić information content (AvgIpc) is 2.57. The molecule has 1 aliphatic heterocycles. The van der Waals surface area contributed by atoms with Crippen LogP contribution in [-0.4, -0.2) is 29.6 Å². The van der Waals surface area contributed by atoms with Gasteiger partial charge in [-0.25, -0.2) is 0 Å². The predicted octanol–water partition coefficient (Wildman–Crippen LogP) is 4.11. The Hall–Kier alpha value is -2.06. The molecule has 22 heavy (non-hydrogen) atoms. The van der Waals surface area contributed by atoms with Gasteiger partial charge in [0.25, 0.3) is 0 Å². The molecule has 3 rings (SSSR count). The topological polar surface area (TPSA) is 23.5 Å². The van der Waals surface area contributed by atoms with E-state index in [2.05, 4.69) is 41.3 Å². The lowest BCUT2D eigenvalue weighted by Gasteiger charge is -2.26. The smallest absolute Gasteiger partial charge is 0.115 e. The van der Waals surface area contributed by atoms with Crippen LogP contribution < -0.4 is 0 Å². The largest absolute Gasteiger partial charge is 0.508 e. The van der Waals surface area contributed by atoms with Crippen molar-refractivity contribution in [3.8, 4) is 5.75 Å². The summed E-state index contributed by atoms with van der Waals surface area (Å²) in [5, 5.41) is 9.36. The van der Waals surface area contributed by atoms with Crippen LogP contribution in [0.15, 0.2) is 60.7 Å². The summed E-state index contributed by atoms with van der Waals surface area (Å²) < 4.78 is 0. The fourth-order valence-electron chi connectivity index (χ4n) is 3.00. The number of phenols is 1. The highest BCUT2D eigenvalue weighted by Crippen LogP contribution is 2.24. The molecule has 0 spiro atoms. The second-order valence-electron chi connectivity index (χ2n) is 5.92. The van der Waals surface area contributed by atoms with Crippen molar-refractivity contribution in [1.29, 1.82) is 0 Å². The highest BCUT2D eigenvalue weighted by molar-refractivity contribution is 5.67. The van der Waals surface area contributed by atoms with Gasteiger partial charge in [0.1, 0.15) is 5.75 Å². The van der Waals surface area contributed by atoms with E-state index in [9.17, 15) is 5.11 Å². The summed E-state index contributed by atoms with van der Waals surface area (Å²) in [6, 6.07) is 18.3. The normalized spacial score (nSPS) is 15.5. The van der Waals surface area contributed by atoms with Crippen LogP contribution in [0.5, 0.6) is 5.75 Å². The first-order chi connectivity index (χ1) is 10.8. The van der Waals surface area contributed by atoms with Crippen molar-refractivity contribution in [2.75, 3.05) is 19.6 Å². The molecule has 0 aromatic heterocycles. The van der Waals surface area contributed by atoms with Gasteiger partial charge in [-0.05, 0) is 54.6 Å². The van der Waals surface area contributed by atoms with Crippen molar-refractivity contribution in [2.45, 2.75) is 19.3 Å². The zero-order valence-electron chi connectivity index (χ0n) is 12.9. The Bertz CT molecular complexity index is 616. The van der Waals surface area contributed by atoms with Gasteiger partial charge in [-0.15, -0.1) is 0 Å². The van der Waals surface area contributed by atoms with Gasteiger partial charge in [0.2, 0.25) is 0 Å². The molecule has 1 N–H and O–H groups in total. The first-order valence-corrected chi connectivity index (χ1v) is 8.06. The lowest BCUT2D eigenvalue weighted by molar-refractivity contribution is 0.298. The minimum atomic E-state index is 0.336. The van der Waals surface area contributed by atoms with E-state index in [1.807, 2.05) is 12.1 Å². The lowest BCUT2D eigenvalue weighted by atomic mass is 9.99. The Morgan fingerprint density at radius 2 is 1.73 bits per heavy atom. The van der Waals surface area contributed by atoms with Crippen molar-refractivity contribution in [3.63, 3.8) is 0 Å². The zero-order chi connectivity index (χ0) is 15.2. The van der Waals surface area contributed by atoms with E-state index in [4.69, 9.17) is 0 Å². The van der Waals surface area contributed by atoms with Gasteiger partial charge in [0.15, 0.2) is 0 Å². The molecule has 2 heteroatoms. The van der Waals surface area contributed by atoms with Gasteiger partial charge >= 0.3 is 0 Å². The van der Waals surface area contributed by atoms with Crippen LogP contribution in [0, 0.1) is 0 Å². The molecule has 1 heterocycles. The molecule has 2 aromatic rings. The summed E-state index contributed by atoms with van der Waals surface area (Å²) in [7, 11) is 0. The van der Waals surface area contributed by atoms with Crippen LogP contribution in [0.4, 0.5) is 0 Å². The van der Waals surface area contributed by atoms with Crippen LogP contribution in [0.2, 0.25) is 0 Å². The molecule has 0 unspecified atom stereocenters. The van der Waals surface area contributed by atoms with Crippen molar-refractivity contribution < 1.29 is 5.11 Å². The second kappa shape index (κ2) is 7.28. The van der Waals surface area contributed by atoms with E-state index in [1.54, 1.807) is 12.1 Å². The van der Waals surface area contributed by atoms with Gasteiger partial charge in [-0.3, -0.25) is 4.90 Å². The molecular weight excluding hydrogens is 270 g/mol. The van der Waals surface area contributed by atoms with Gasteiger partial charge in [-0.1, -0.05) is 48.5 Å². The zero-order valence-corrected chi connectivity index (χ0v) is 12.9. The third-order valence-electron chi connectivity index (χ3n) is 4.31. The van der Waals surface area contributed by atoms with E-state index < -0.39 is 0 Å². The van der Waals surface area contributed by atoms with E-state index in [1.165, 1.54) is 23.1 Å². The number of hydrogen-bond donors (Lipinski definition) is 1. The maximum Gasteiger partial charge on any atom is 0.115 e. The number of benzene rings is 2. The Morgan fingerprint density at radius 1 is 0.955 bits per heavy atom. The maximum absolute atomic E-state index is 9.36. The summed E-state index contributed by atoms with van der Waals surface area (Å²) in [6.45, 7) is 3.32. The number of aromatic hydroxyl groups is 1. The molecule has 0 saturated carbocycles. The fourth-order valence-corrected chi connectivity index (χ4v) is 3.00. The molecule has 2 aromatic carbocycles. The first kappa shape index (κ1) is 14.9. The Balaban J connectivity index is 1.47. The quantitative estimate of drug-likeness (QED) is 0.896. The molecule has 0 amide bonds. The number of hydrogen-bond acceptors (Lipinski definition) is 2. The number of rotatable bonds is 5. The van der Waals surface area contributed by atoms with Gasteiger partial charge < -0.3 is 5.11 Å². The molecule has 2 nitrogen and oxygen atoms in total. The fraction of sp³-hybridized carbons (Fsp3) is 0.300. The molecule has 0 saturated heterocycles. The monoisotopic (exact) mass is 293 g/mol. The molecular formula is C20H23NO. The van der Waals surface area contributed by atoms with Gasteiger partial charge in [0.05, 0.1) is 0 Å². The van der Waals surface area contributed by atoms with Crippen molar-refractivity contribution in [3.05, 3.63) is 71.8 Å². The van der Waals surface area contributed by atoms with Gasteiger partial charge in [-0.2, -0.15) is 0 Å². The third-order valence-corrected chi connectivity index (χ3v) is 4.31. The van der Waals surface area contributed by atoms with Crippen molar-refractivity contribution in [1.82, 2.24) is 4.90 Å². The maximum atomic E-state index is 9.36. The molecule has 0 fully saturated rings. The number of nitrogens with zero attached hydrogens (tertiary/aromatic N) is 1. The van der Waals surface area contributed by atoms with Crippen LogP contribution in [0.3, 0.4) is 0 Å². The lowest BCUT2D eigenvalue weighted by Crippen LogP contribution is -2.29. The van der Waals surface area contributed by atoms with E-state index in [0.717, 1.165) is 32.5 Å². The predicted molar refractivity (Wildman–Crippen MR) is 91.9 cm³/mol. The van der Waals surface area contributed by atoms with Gasteiger partial charge in [0, 0.05) is 13.1 Å². The van der Waals surface area contributed by atoms with Crippen LogP contribution in [0.1, 0.15) is 24.0 Å². The highest BCUT2D eigenvalue weighted by atomic mass is 16.3. The standard InChI is InChI=1S/C20H23NO/c22-20-10-8-18(9-11-20)19-12-15-21(16-13-19)14-4-7-17-5-2-1-3-6-17/h1-3,5-6,8-12,22H,4,7,13-16H2. The summed E-state index contributed by atoms with van der Waals surface area (Å²) in [5.74, 6) is 0.336. The summed E-state index contributed by atoms with van der Waals surface area (Å²) in [4.78, 5) is 2.52. The molecule has 1 aliphatic rings. The van der Waals surface area contributed by atoms with Crippen LogP contribution in [-0.2, 0) is 6.42 Å². The number of aryl methyl sites for hydroxylation is 1. The summed E-state index contributed by atoms with van der Waals surface area (Å²) in [5.41, 5.74) is 4.07. The Labute approximate surface area is 132 Å². The average molecular weight is 293 g/mol. The summed E-state index contributed by atoms with van der Waals surface area (Å²) in [6.07, 6.45) is 5.80. The molecule has 0 bridgehead atoms. The van der Waals surface area contributed by atoms with E-state index >= 15 is 0 Å². The van der Waals surface area contributed by atoms with Crippen LogP contribution >= 0.6 is 0 Å². The summed E-state index contributed by atoms with van der Waals surface area (Å²) >= 11 is 0. The minimum absolute atomic E-state index is 0.336. The molecule has 0 aliphatic carbocycles. The molecule has 0 radical (unpaired) electrons. The van der Waals surface area contributed by atoms with Crippen LogP contribution in [0.25, 0.3) is 5.57 Å². The number of phenolic OH excluding ortho intramolecular Hbond substituents is 1. The Kier molecular flexibility index (Phi) is 4.92. The highest BCUT2D eigenvalue weighted by Gasteiger charge is 2.12. The second-order valence-corrected chi connectivity index (χ2v) is 5.92.